The number of benzene rings is 1. The molecule has 1 atom stereocenters. The van der Waals surface area contributed by atoms with Gasteiger partial charge in [-0.15, -0.1) is 0 Å². The molecule has 0 aliphatic rings. The molecule has 0 radical (unpaired) electrons. The first-order valence-corrected chi connectivity index (χ1v) is 7.17. The van der Waals surface area contributed by atoms with Crippen LogP contribution in [-0.2, 0) is 0 Å². The fourth-order valence-electron chi connectivity index (χ4n) is 1.65. The Bertz CT molecular complexity index is 484. The van der Waals surface area contributed by atoms with Gasteiger partial charge in [0, 0.05) is 12.6 Å². The van der Waals surface area contributed by atoms with Crippen LogP contribution in [0.2, 0.25) is 0 Å². The van der Waals surface area contributed by atoms with Crippen molar-refractivity contribution < 1.29 is 23.4 Å². The molecule has 0 aliphatic heterocycles. The number of carbonyl (C=O) groups excluding carboxylic acids is 1. The Kier molecular flexibility index (Phi) is 7.59. The molecule has 1 rings (SSSR count). The second kappa shape index (κ2) is 9.19. The highest BCUT2D eigenvalue weighted by Crippen LogP contribution is 2.17. The van der Waals surface area contributed by atoms with Crippen molar-refractivity contribution in [1.29, 1.82) is 0 Å². The van der Waals surface area contributed by atoms with Crippen LogP contribution in [0, 0.1) is 17.6 Å². The van der Waals surface area contributed by atoms with Crippen LogP contribution in [0.3, 0.4) is 0 Å². The summed E-state index contributed by atoms with van der Waals surface area (Å²) in [4.78, 5) is 11.4. The van der Waals surface area contributed by atoms with Gasteiger partial charge in [0.1, 0.15) is 12.4 Å². The summed E-state index contributed by atoms with van der Waals surface area (Å²) in [6, 6.07) is 2.63. The summed E-state index contributed by atoms with van der Waals surface area (Å²) in [5.41, 5.74) is 0. The Labute approximate surface area is 128 Å². The average Bonchev–Trinajstić information content (AvgIpc) is 2.45. The number of aliphatic hydroxyl groups excluding tert-OH is 1. The summed E-state index contributed by atoms with van der Waals surface area (Å²) >= 11 is 0. The zero-order valence-corrected chi connectivity index (χ0v) is 12.7. The van der Waals surface area contributed by atoms with Gasteiger partial charge in [-0.1, -0.05) is 13.8 Å². The second-order valence-electron chi connectivity index (χ2n) is 5.21. The van der Waals surface area contributed by atoms with Crippen molar-refractivity contribution in [2.45, 2.75) is 26.4 Å². The maximum atomic E-state index is 13.3. The van der Waals surface area contributed by atoms with Gasteiger partial charge in [0.2, 0.25) is 0 Å². The molecule has 124 valence electrons. The average molecular weight is 316 g/mol. The number of hydrogen-bond acceptors (Lipinski definition) is 3. The Morgan fingerprint density at radius 2 is 1.95 bits per heavy atom. The van der Waals surface area contributed by atoms with Crippen molar-refractivity contribution in [2.24, 2.45) is 5.92 Å². The number of amides is 2. The number of ether oxygens (including phenoxy) is 1. The van der Waals surface area contributed by atoms with Crippen molar-refractivity contribution in [3.8, 4) is 5.75 Å². The highest BCUT2D eigenvalue weighted by Gasteiger charge is 2.09. The minimum atomic E-state index is -0.785. The van der Waals surface area contributed by atoms with Gasteiger partial charge in [0.25, 0.3) is 0 Å². The van der Waals surface area contributed by atoms with E-state index in [9.17, 15) is 18.7 Å². The third kappa shape index (κ3) is 6.71. The largest absolute Gasteiger partial charge is 0.489 e. The molecule has 0 saturated heterocycles. The smallest absolute Gasteiger partial charge is 0.314 e. The molecule has 0 fully saturated rings. The molecule has 0 spiro atoms. The topological polar surface area (TPSA) is 70.6 Å². The van der Waals surface area contributed by atoms with Gasteiger partial charge < -0.3 is 20.5 Å². The minimum absolute atomic E-state index is 0.0601. The number of aliphatic hydroxyl groups is 1. The lowest BCUT2D eigenvalue weighted by Gasteiger charge is -2.14. The molecular weight excluding hydrogens is 294 g/mol. The van der Waals surface area contributed by atoms with Crippen LogP contribution in [0.25, 0.3) is 0 Å². The third-order valence-corrected chi connectivity index (χ3v) is 3.03. The summed E-state index contributed by atoms with van der Waals surface area (Å²) in [7, 11) is 0. The Balaban J connectivity index is 2.15. The molecule has 2 amide bonds. The van der Waals surface area contributed by atoms with Crippen LogP contribution in [0.5, 0.6) is 5.75 Å². The molecule has 1 aromatic carbocycles. The number of nitrogens with one attached hydrogen (secondary N) is 2. The Morgan fingerprint density at radius 1 is 1.27 bits per heavy atom. The molecule has 1 unspecified atom stereocenters. The molecule has 7 heteroatoms. The van der Waals surface area contributed by atoms with Crippen LogP contribution in [0.15, 0.2) is 18.2 Å². The van der Waals surface area contributed by atoms with E-state index in [1.807, 2.05) is 13.8 Å². The monoisotopic (exact) mass is 316 g/mol. The number of rotatable bonds is 8. The zero-order valence-electron chi connectivity index (χ0n) is 12.7. The molecular formula is C15H22F2N2O3. The summed E-state index contributed by atoms with van der Waals surface area (Å²) < 4.78 is 31.0. The van der Waals surface area contributed by atoms with E-state index in [0.717, 1.165) is 12.1 Å². The summed E-state index contributed by atoms with van der Waals surface area (Å²) in [6.07, 6.45) is 0.0210. The molecule has 1 aromatic rings. The summed E-state index contributed by atoms with van der Waals surface area (Å²) in [5.74, 6) is -1.38. The standard InChI is InChI=1S/C15H22F2N2O3/c1-10(2)13(20)5-6-18-15(21)19-7-8-22-14-4-3-11(16)9-12(14)17/h3-4,9-10,13,20H,5-8H2,1-2H3,(H2,18,19,21). The van der Waals surface area contributed by atoms with Gasteiger partial charge in [0.05, 0.1) is 12.6 Å². The van der Waals surface area contributed by atoms with Crippen LogP contribution >= 0.6 is 0 Å². The lowest BCUT2D eigenvalue weighted by atomic mass is 10.0. The first-order valence-electron chi connectivity index (χ1n) is 7.17. The van der Waals surface area contributed by atoms with Crippen LogP contribution < -0.4 is 15.4 Å². The second-order valence-corrected chi connectivity index (χ2v) is 5.21. The van der Waals surface area contributed by atoms with E-state index in [2.05, 4.69) is 10.6 Å². The zero-order chi connectivity index (χ0) is 16.5. The van der Waals surface area contributed by atoms with E-state index in [4.69, 9.17) is 4.74 Å². The van der Waals surface area contributed by atoms with E-state index < -0.39 is 17.7 Å². The van der Waals surface area contributed by atoms with Gasteiger partial charge in [-0.2, -0.15) is 0 Å². The minimum Gasteiger partial charge on any atom is -0.489 e. The van der Waals surface area contributed by atoms with Crippen molar-refractivity contribution in [3.63, 3.8) is 0 Å². The lowest BCUT2D eigenvalue weighted by molar-refractivity contribution is 0.116. The molecule has 0 aliphatic carbocycles. The SMILES string of the molecule is CC(C)C(O)CCNC(=O)NCCOc1ccc(F)cc1F. The fraction of sp³-hybridized carbons (Fsp3) is 0.533. The predicted octanol–water partition coefficient (Wildman–Crippen LogP) is 2.05. The molecule has 0 bridgehead atoms. The molecule has 0 aromatic heterocycles. The third-order valence-electron chi connectivity index (χ3n) is 3.03. The van der Waals surface area contributed by atoms with E-state index in [1.165, 1.54) is 6.07 Å². The first kappa shape index (κ1) is 18.2. The normalized spacial score (nSPS) is 12.1. The van der Waals surface area contributed by atoms with Crippen molar-refractivity contribution >= 4 is 6.03 Å². The quantitative estimate of drug-likeness (QED) is 0.643. The van der Waals surface area contributed by atoms with E-state index >= 15 is 0 Å². The van der Waals surface area contributed by atoms with Gasteiger partial charge in [-0.3, -0.25) is 0 Å². The van der Waals surface area contributed by atoms with Crippen LogP contribution in [-0.4, -0.2) is 36.9 Å². The van der Waals surface area contributed by atoms with Crippen LogP contribution in [0.1, 0.15) is 20.3 Å². The maximum Gasteiger partial charge on any atom is 0.314 e. The Hall–Kier alpha value is -1.89. The Morgan fingerprint density at radius 3 is 2.59 bits per heavy atom. The predicted molar refractivity (Wildman–Crippen MR) is 78.7 cm³/mol. The molecule has 5 nitrogen and oxygen atoms in total. The van der Waals surface area contributed by atoms with Crippen LogP contribution in [0.4, 0.5) is 13.6 Å². The number of halogens is 2. The van der Waals surface area contributed by atoms with Gasteiger partial charge in [0.15, 0.2) is 11.6 Å². The summed E-state index contributed by atoms with van der Waals surface area (Å²) in [6.45, 7) is 4.39. The molecule has 3 N–H and O–H groups in total. The first-order chi connectivity index (χ1) is 10.4. The number of hydrogen-bond donors (Lipinski definition) is 3. The lowest BCUT2D eigenvalue weighted by Crippen LogP contribution is -2.39. The van der Waals surface area contributed by atoms with Gasteiger partial charge >= 0.3 is 6.03 Å². The van der Waals surface area contributed by atoms with Crippen molar-refractivity contribution in [2.75, 3.05) is 19.7 Å². The number of urea groups is 1. The highest BCUT2D eigenvalue weighted by molar-refractivity contribution is 5.73. The van der Waals surface area contributed by atoms with Gasteiger partial charge in [-0.25, -0.2) is 13.6 Å². The molecule has 0 saturated carbocycles. The fourth-order valence-corrected chi connectivity index (χ4v) is 1.65. The van der Waals surface area contributed by atoms with Gasteiger partial charge in [-0.05, 0) is 24.5 Å². The number of carbonyl (C=O) groups is 1. The van der Waals surface area contributed by atoms with Crippen molar-refractivity contribution in [1.82, 2.24) is 10.6 Å². The van der Waals surface area contributed by atoms with Crippen molar-refractivity contribution in [3.05, 3.63) is 29.8 Å². The van der Waals surface area contributed by atoms with E-state index in [-0.39, 0.29) is 30.9 Å². The molecule has 22 heavy (non-hydrogen) atoms. The summed E-state index contributed by atoms with van der Waals surface area (Å²) in [5, 5.41) is 14.7. The van der Waals surface area contributed by atoms with E-state index in [1.54, 1.807) is 0 Å². The highest BCUT2D eigenvalue weighted by atomic mass is 19.1. The maximum absolute atomic E-state index is 13.3. The van der Waals surface area contributed by atoms with E-state index in [0.29, 0.717) is 13.0 Å². The molecule has 0 heterocycles.